The van der Waals surface area contributed by atoms with Crippen molar-refractivity contribution >= 4 is 21.7 Å². The minimum absolute atomic E-state index is 0.885. The van der Waals surface area contributed by atoms with Crippen LogP contribution < -0.4 is 0 Å². The average Bonchev–Trinajstić information content (AvgIpc) is 1.78. The van der Waals surface area contributed by atoms with Gasteiger partial charge in [0.15, 0.2) is 5.75 Å². The van der Waals surface area contributed by atoms with Crippen molar-refractivity contribution in [2.24, 2.45) is 0 Å². The summed E-state index contributed by atoms with van der Waals surface area (Å²) in [4.78, 5) is 0. The molecule has 3 nitrogen and oxygen atoms in total. The maximum atomic E-state index is 11.6. The van der Waals surface area contributed by atoms with Crippen molar-refractivity contribution in [1.29, 1.82) is 0 Å². The maximum Gasteiger partial charge on any atom is 0.405 e. The first-order valence-corrected chi connectivity index (χ1v) is 4.65. The van der Waals surface area contributed by atoms with Crippen LogP contribution in [0.3, 0.4) is 0 Å². The van der Waals surface area contributed by atoms with Gasteiger partial charge in [-0.1, -0.05) is 0 Å². The van der Waals surface area contributed by atoms with Crippen molar-refractivity contribution < 1.29 is 28.5 Å². The number of hydrogen-bond donors (Lipinski definition) is 0. The highest BCUT2D eigenvalue weighted by Crippen LogP contribution is 2.17. The van der Waals surface area contributed by atoms with E-state index in [1.807, 2.05) is 0 Å². The molecule has 0 unspecified atom stereocenters. The Morgan fingerprint density at radius 1 is 1.50 bits per heavy atom. The molecule has 0 rings (SSSR count). The van der Waals surface area contributed by atoms with E-state index < -0.39 is 34.5 Å². The van der Waals surface area contributed by atoms with Crippen LogP contribution in [-0.2, 0) is 14.3 Å². The molecule has 0 saturated carbocycles. The second kappa shape index (κ2) is 4.29. The molecule has 0 bridgehead atoms. The predicted octanol–water partition coefficient (Wildman–Crippen LogP) is 1.13. The van der Waals surface area contributed by atoms with Crippen molar-refractivity contribution in [3.8, 4) is 0 Å². The van der Waals surface area contributed by atoms with Crippen LogP contribution in [0.1, 0.15) is 2.74 Å². The van der Waals surface area contributed by atoms with E-state index in [-0.39, 0.29) is 0 Å². The average molecular weight is 229 g/mol. The molecule has 0 aromatic heterocycles. The predicted molar refractivity (Wildman–Crippen MR) is 36.5 cm³/mol. The fourth-order valence-electron chi connectivity index (χ4n) is 0.342. The molecule has 0 atom stereocenters. The lowest BCUT2D eigenvalue weighted by Gasteiger charge is -2.06. The topological polar surface area (TPSA) is 43.4 Å². The van der Waals surface area contributed by atoms with Crippen LogP contribution >= 0.6 is 11.6 Å². The Morgan fingerprint density at radius 3 is 2.33 bits per heavy atom. The fraction of sp³-hybridized carbons (Fsp3) is 1.00. The summed E-state index contributed by atoms with van der Waals surface area (Å²) >= 11 is 4.92. The van der Waals surface area contributed by atoms with E-state index >= 15 is 0 Å². The zero-order chi connectivity index (χ0) is 11.6. The van der Waals surface area contributed by atoms with Crippen LogP contribution in [0.2, 0.25) is 0 Å². The Hall–Kier alpha value is -0.0100. The number of hydrogen-bond acceptors (Lipinski definition) is 3. The van der Waals surface area contributed by atoms with Crippen molar-refractivity contribution in [3.63, 3.8) is 0 Å². The molecule has 74 valence electrons. The highest BCUT2D eigenvalue weighted by molar-refractivity contribution is 7.86. The van der Waals surface area contributed by atoms with E-state index in [9.17, 15) is 21.6 Å². The highest BCUT2D eigenvalue weighted by Gasteiger charge is 2.35. The van der Waals surface area contributed by atoms with Gasteiger partial charge >= 0.3 is 6.18 Å². The smallest absolute Gasteiger partial charge is 0.269 e. The van der Waals surface area contributed by atoms with Gasteiger partial charge in [0.25, 0.3) is 10.1 Å². The van der Waals surface area contributed by atoms with Crippen LogP contribution in [0.4, 0.5) is 13.2 Å². The van der Waals surface area contributed by atoms with Gasteiger partial charge < -0.3 is 0 Å². The summed E-state index contributed by atoms with van der Waals surface area (Å²) in [5.74, 6) is -3.12. The molecule has 0 aliphatic rings. The number of halogens is 4. The minimum Gasteiger partial charge on any atom is -0.269 e. The van der Waals surface area contributed by atoms with Gasteiger partial charge in [-0.15, -0.1) is 11.6 Å². The quantitative estimate of drug-likeness (QED) is 0.535. The van der Waals surface area contributed by atoms with Gasteiger partial charge in [0, 0.05) is 5.88 Å². The molecule has 0 saturated heterocycles. The molecule has 0 heterocycles. The van der Waals surface area contributed by atoms with E-state index in [1.54, 1.807) is 0 Å². The number of alkyl halides is 4. The monoisotopic (exact) mass is 228 g/mol. The zero-order valence-electron chi connectivity index (χ0n) is 7.56. The summed E-state index contributed by atoms with van der Waals surface area (Å²) in [5.41, 5.74) is 0. The van der Waals surface area contributed by atoms with E-state index in [0.29, 0.717) is 0 Å². The maximum absolute atomic E-state index is 11.6. The molecule has 0 spiro atoms. The molecule has 0 amide bonds. The second-order valence-corrected chi connectivity index (χ2v) is 3.52. The van der Waals surface area contributed by atoms with E-state index in [0.717, 1.165) is 0 Å². The van der Waals surface area contributed by atoms with Crippen LogP contribution in [0.25, 0.3) is 0 Å². The van der Waals surface area contributed by atoms with Gasteiger partial charge in [0.2, 0.25) is 0 Å². The highest BCUT2D eigenvalue weighted by atomic mass is 35.5. The Bertz CT molecular complexity index is 289. The molecule has 8 heteroatoms. The molecule has 0 fully saturated rings. The number of rotatable bonds is 4. The first kappa shape index (κ1) is 8.58. The summed E-state index contributed by atoms with van der Waals surface area (Å²) in [6.45, 7) is -2.83. The van der Waals surface area contributed by atoms with Crippen molar-refractivity contribution in [2.75, 3.05) is 18.2 Å². The van der Waals surface area contributed by atoms with E-state index in [4.69, 9.17) is 14.3 Å². The van der Waals surface area contributed by atoms with Gasteiger partial charge in [0.1, 0.15) is 0 Å². The third-order valence-electron chi connectivity index (χ3n) is 0.581. The molecule has 0 radical (unpaired) electrons. The standard InChI is InChI=1S/C4H6ClF3O3S/c5-1-2-11-12(9,10)3-4(6,7)8/h1-3H2/i2D2. The minimum atomic E-state index is -4.99. The second-order valence-electron chi connectivity index (χ2n) is 1.68. The lowest BCUT2D eigenvalue weighted by atomic mass is 10.8. The molecule has 0 aromatic carbocycles. The van der Waals surface area contributed by atoms with Crippen molar-refractivity contribution in [1.82, 2.24) is 0 Å². The lowest BCUT2D eigenvalue weighted by molar-refractivity contribution is -0.107. The van der Waals surface area contributed by atoms with Gasteiger partial charge in [-0.25, -0.2) is 0 Å². The van der Waals surface area contributed by atoms with Gasteiger partial charge in [-0.2, -0.15) is 21.6 Å². The molecule has 0 aromatic rings. The SMILES string of the molecule is [2H]C([2H])(CCl)OS(=O)(=O)CC(F)(F)F. The first-order chi connectivity index (χ1) is 5.97. The van der Waals surface area contributed by atoms with Crippen LogP contribution in [0.5, 0.6) is 0 Å². The molecule has 0 aliphatic carbocycles. The summed E-state index contributed by atoms with van der Waals surface area (Å²) in [7, 11) is -4.99. The molecule has 0 aliphatic heterocycles. The third kappa shape index (κ3) is 6.68. The Labute approximate surface area is 75.4 Å². The van der Waals surface area contributed by atoms with Crippen molar-refractivity contribution in [3.05, 3.63) is 0 Å². The molecule has 0 N–H and O–H groups in total. The summed E-state index contributed by atoms with van der Waals surface area (Å²) < 4.78 is 73.0. The Morgan fingerprint density at radius 2 is 2.00 bits per heavy atom. The fourth-order valence-corrected chi connectivity index (χ4v) is 1.16. The molecule has 12 heavy (non-hydrogen) atoms. The van der Waals surface area contributed by atoms with Gasteiger partial charge in [-0.05, 0) is 0 Å². The lowest BCUT2D eigenvalue weighted by Crippen LogP contribution is -2.24. The molecular weight excluding hydrogens is 221 g/mol. The van der Waals surface area contributed by atoms with Crippen molar-refractivity contribution in [2.45, 2.75) is 6.18 Å². The van der Waals surface area contributed by atoms with Crippen LogP contribution in [0.15, 0.2) is 0 Å². The van der Waals surface area contributed by atoms with E-state index in [2.05, 4.69) is 4.18 Å². The summed E-state index contributed by atoms with van der Waals surface area (Å²) in [6.07, 6.45) is -4.97. The Balaban J connectivity index is 4.53. The Kier molecular flexibility index (Phi) is 3.07. The van der Waals surface area contributed by atoms with Crippen LogP contribution in [-0.4, -0.2) is 32.8 Å². The molecular formula is C4H6ClF3O3S. The largest absolute Gasteiger partial charge is 0.405 e. The third-order valence-corrected chi connectivity index (χ3v) is 1.74. The normalized spacial score (nSPS) is 17.0. The summed E-state index contributed by atoms with van der Waals surface area (Å²) in [5, 5.41) is 0. The first-order valence-electron chi connectivity index (χ1n) is 3.53. The van der Waals surface area contributed by atoms with E-state index in [1.165, 1.54) is 0 Å². The summed E-state index contributed by atoms with van der Waals surface area (Å²) in [6, 6.07) is 0. The van der Waals surface area contributed by atoms with Gasteiger partial charge in [-0.3, -0.25) is 4.18 Å². The van der Waals surface area contributed by atoms with Gasteiger partial charge in [0.05, 0.1) is 9.30 Å². The van der Waals surface area contributed by atoms with Crippen LogP contribution in [0, 0.1) is 0 Å². The zero-order valence-corrected chi connectivity index (χ0v) is 7.13.